The smallest absolute Gasteiger partial charge is 0.152 e. The lowest BCUT2D eigenvalue weighted by Gasteiger charge is -2.44. The minimum Gasteiger partial charge on any atom is -0.152 e. The van der Waals surface area contributed by atoms with E-state index in [1.54, 1.807) is 19.1 Å². The van der Waals surface area contributed by atoms with E-state index in [4.69, 9.17) is 39.6 Å². The number of para-hydroxylation sites is 5. The van der Waals surface area contributed by atoms with Crippen LogP contribution in [-0.4, -0.2) is 48.3 Å². The van der Waals surface area contributed by atoms with Gasteiger partial charge in [0.15, 0.2) is 0 Å². The van der Waals surface area contributed by atoms with Crippen molar-refractivity contribution in [1.82, 2.24) is 48.3 Å². The largest absolute Gasteiger partial charge is 0.351 e. The van der Waals surface area contributed by atoms with E-state index in [-0.39, 0.29) is 5.56 Å². The molecule has 0 spiro atoms. The highest BCUT2D eigenvalue weighted by atomic mass is 15.5. The molecule has 10 heterocycles. The highest BCUT2D eigenvalue weighted by Crippen LogP contribution is 2.55. The molecule has 15 heteroatoms. The van der Waals surface area contributed by atoms with Gasteiger partial charge in [0.1, 0.15) is 35.2 Å². The van der Waals surface area contributed by atoms with Crippen LogP contribution in [0.5, 0.6) is 0 Å². The van der Waals surface area contributed by atoms with E-state index in [9.17, 15) is 0 Å². The molecule has 0 bridgehead atoms. The number of aryl methyl sites for hydroxylation is 11. The minimum absolute atomic E-state index is 0.235. The minimum atomic E-state index is -2.33. The molecular weight excluding hydrogens is 1460 g/mol. The molecule has 119 heavy (non-hydrogen) atoms. The van der Waals surface area contributed by atoms with E-state index in [1.807, 2.05) is 298 Å². The summed E-state index contributed by atoms with van der Waals surface area (Å²) >= 11 is 0. The van der Waals surface area contributed by atoms with Gasteiger partial charge in [-0.25, -0.2) is 0 Å². The molecule has 0 saturated heterocycles. The number of aromatic nitrogens is 15. The number of hydrogen-bond acceptors (Lipinski definition) is 5. The molecule has 0 amide bonds. The molecule has 0 fully saturated rings. The third kappa shape index (κ3) is 12.6. The maximum absolute atomic E-state index is 8.54. The van der Waals surface area contributed by atoms with Crippen LogP contribution >= 0.6 is 0 Å². The SMILES string of the molecule is [2H]C([2H])([2H])C1(C)c2nc(-c3cc(C)cc(C)c3)[n+](C)n2-c2c(C)cccc2C1(C)C.[2H]C([2H])([2H])C1(C)c2nc(-c3ccccc3)[n+](C)n2-c2c(C)cccc2C1(C)C.[2H]C([2H])([2H])C1(C)c2nc(C)[n+](C)n2-c2c(C)cccc2C1(C)C.[2H]C([2H])([2H])C1(C)c2nc(C)[n+](C)n2-c2c(C)cccc2C1(C)C.[2H]C([2H])([2H])c1cc(C)cc(-c2nc3n([n+]2C)-c2c(C)cccc2C(C)(C)C3(C)C([2H])([2H])[2H])c1. The average molecular weight is 1610 g/mol. The van der Waals surface area contributed by atoms with Crippen LogP contribution < -0.4 is 23.4 Å². The Bertz CT molecular complexity index is 6860. The third-order valence-electron chi connectivity index (χ3n) is 28.5. The Balaban J connectivity index is 0.000000138. The number of rotatable bonds is 3. The summed E-state index contributed by atoms with van der Waals surface area (Å²) in [5, 5.41) is 0. The third-order valence-corrected chi connectivity index (χ3v) is 28.5. The summed E-state index contributed by atoms with van der Waals surface area (Å²) in [4.78, 5) is 24.2. The molecule has 15 nitrogen and oxygen atoms in total. The van der Waals surface area contributed by atoms with Crippen molar-refractivity contribution < 1.29 is 48.1 Å². The quantitative estimate of drug-likeness (QED) is 0.164. The van der Waals surface area contributed by atoms with Gasteiger partial charge in [-0.3, -0.25) is 0 Å². The molecule has 18 rings (SSSR count). The van der Waals surface area contributed by atoms with Crippen molar-refractivity contribution in [3.8, 4) is 62.6 Å². The maximum atomic E-state index is 8.54. The first kappa shape index (κ1) is 64.4. The Morgan fingerprint density at radius 2 is 0.471 bits per heavy atom. The van der Waals surface area contributed by atoms with Crippen LogP contribution in [-0.2, 0) is 89.4 Å². The van der Waals surface area contributed by atoms with Gasteiger partial charge in [0.05, 0.1) is 72.2 Å². The van der Waals surface area contributed by atoms with Gasteiger partial charge in [-0.05, 0) is 270 Å². The highest BCUT2D eigenvalue weighted by molar-refractivity contribution is 5.64. The molecule has 5 unspecified atom stereocenters. The van der Waals surface area contributed by atoms with E-state index in [1.165, 1.54) is 0 Å². The second-order valence-electron chi connectivity index (χ2n) is 37.9. The topological polar surface area (TPSA) is 108 Å². The van der Waals surface area contributed by atoms with Crippen molar-refractivity contribution in [2.24, 2.45) is 35.2 Å². The molecular formula is C104H134N15+5. The van der Waals surface area contributed by atoms with E-state index < -0.39 is 95.3 Å². The average Bonchev–Trinajstić information content (AvgIpc) is 1.42. The lowest BCUT2D eigenvalue weighted by molar-refractivity contribution is -0.751. The van der Waals surface area contributed by atoms with Gasteiger partial charge in [0.2, 0.25) is 0 Å². The Hall–Kier alpha value is -10.5. The first-order valence-electron chi connectivity index (χ1n) is 50.4. The van der Waals surface area contributed by atoms with Gasteiger partial charge in [-0.15, -0.1) is 37.5 Å². The van der Waals surface area contributed by atoms with Crippen molar-refractivity contribution in [2.75, 3.05) is 0 Å². The molecule has 13 aromatic rings. The predicted octanol–water partition coefficient (Wildman–Crippen LogP) is 19.7. The van der Waals surface area contributed by atoms with Crippen molar-refractivity contribution in [2.45, 2.75) is 268 Å². The second-order valence-corrected chi connectivity index (χ2v) is 37.9. The zero-order valence-electron chi connectivity index (χ0n) is 93.7. The molecule has 620 valence electrons. The first-order valence-corrected chi connectivity index (χ1v) is 41.4. The molecule has 0 radical (unpaired) electrons. The van der Waals surface area contributed by atoms with Crippen LogP contribution in [0.3, 0.4) is 0 Å². The fourth-order valence-corrected chi connectivity index (χ4v) is 18.7. The fourth-order valence-electron chi connectivity index (χ4n) is 18.7. The molecule has 0 N–H and O–H groups in total. The van der Waals surface area contributed by atoms with Crippen molar-refractivity contribution in [3.63, 3.8) is 0 Å². The van der Waals surface area contributed by atoms with Crippen LogP contribution in [0.1, 0.15) is 281 Å². The van der Waals surface area contributed by atoms with Crippen LogP contribution in [0, 0.1) is 76.1 Å². The van der Waals surface area contributed by atoms with Crippen LogP contribution in [0.4, 0.5) is 0 Å². The van der Waals surface area contributed by atoms with Gasteiger partial charge in [0.25, 0.3) is 29.1 Å². The summed E-state index contributed by atoms with van der Waals surface area (Å²) in [6, 6.07) is 51.9. The Morgan fingerprint density at radius 1 is 0.244 bits per heavy atom. The summed E-state index contributed by atoms with van der Waals surface area (Å²) < 4.78 is 169. The lowest BCUT2D eigenvalue weighted by Crippen LogP contribution is -2.51. The van der Waals surface area contributed by atoms with Gasteiger partial charge >= 0.3 is 29.1 Å². The summed E-state index contributed by atoms with van der Waals surface area (Å²) in [5.41, 5.74) is 12.8. The highest BCUT2D eigenvalue weighted by Gasteiger charge is 2.59. The van der Waals surface area contributed by atoms with Gasteiger partial charge in [-0.1, -0.05) is 191 Å². The molecule has 5 aliphatic heterocycles. The standard InChI is InChI=1S/2C24H30N3.C22H26N3.2C17H24N3/c2*1-15-12-16(2)14-18(13-15)21-25-22-24(6,7)23(4,5)19-11-9-10-17(3)20(19)27(22)26(21)8;1-15-11-10-14-17-18(15)25-20(22(4,5)21(17,2)3)23-19(24(25)6)16-12-8-7-9-13-16;2*1-11-9-8-10-13-14(11)20-15(18-12(2)19(20)7)17(5,6)16(13,3)4/h2*9-14H,1-8H3;7-14H,1-6H3;2*8-10H,1-7H3/q5*+1/i1D3,6D3;6D3;4D3;2*5D3. The fraction of sp³-hybridized carbons (Fsp3) is 0.442. The number of hydrogen-bond donors (Lipinski definition) is 0. The summed E-state index contributed by atoms with van der Waals surface area (Å²) in [6.07, 6.45) is 0. The normalized spacial score (nSPS) is 24.3. The van der Waals surface area contributed by atoms with Gasteiger partial charge in [-0.2, -0.15) is 9.36 Å². The molecule has 0 saturated carbocycles. The monoisotopic (exact) mass is 1610 g/mol. The molecule has 5 aliphatic rings. The van der Waals surface area contributed by atoms with Gasteiger partial charge in [0, 0.05) is 65.6 Å². The molecule has 5 aromatic heterocycles. The Morgan fingerprint density at radius 3 is 0.723 bits per heavy atom. The van der Waals surface area contributed by atoms with E-state index in [0.717, 1.165) is 135 Å². The Kier molecular flexibility index (Phi) is 15.5. The van der Waals surface area contributed by atoms with Crippen LogP contribution in [0.15, 0.2) is 158 Å². The summed E-state index contributed by atoms with van der Waals surface area (Å²) in [6.45, 7) is 35.9. The lowest BCUT2D eigenvalue weighted by atomic mass is 9.61. The van der Waals surface area contributed by atoms with Crippen molar-refractivity contribution >= 4 is 0 Å². The summed E-state index contributed by atoms with van der Waals surface area (Å²) in [5.74, 6) is 6.53. The van der Waals surface area contributed by atoms with Gasteiger partial charge < -0.3 is 0 Å². The molecule has 8 aromatic carbocycles. The molecule has 0 aliphatic carbocycles. The van der Waals surface area contributed by atoms with Crippen LogP contribution in [0.25, 0.3) is 62.6 Å². The zero-order chi connectivity index (χ0) is 102. The number of benzene rings is 8. The zero-order valence-corrected chi connectivity index (χ0v) is 75.7. The Labute approximate surface area is 735 Å². The number of fused-ring (bicyclic) bond motifs is 15. The van der Waals surface area contributed by atoms with E-state index in [2.05, 4.69) is 106 Å². The first-order chi connectivity index (χ1) is 62.7. The van der Waals surface area contributed by atoms with E-state index >= 15 is 0 Å². The number of nitrogens with zero attached hydrogens (tertiary/aromatic N) is 15. The molecule has 5 atom stereocenters. The van der Waals surface area contributed by atoms with Crippen LogP contribution in [0.2, 0.25) is 0 Å². The predicted molar refractivity (Wildman–Crippen MR) is 482 cm³/mol. The maximum Gasteiger partial charge on any atom is 0.351 e. The van der Waals surface area contributed by atoms with Crippen molar-refractivity contribution in [1.29, 1.82) is 0 Å². The van der Waals surface area contributed by atoms with E-state index in [0.29, 0.717) is 40.5 Å². The van der Waals surface area contributed by atoms with Crippen molar-refractivity contribution in [3.05, 3.63) is 276 Å². The summed E-state index contributed by atoms with van der Waals surface area (Å²) in [7, 11) is 9.63. The second kappa shape index (κ2) is 28.6.